The summed E-state index contributed by atoms with van der Waals surface area (Å²) in [6, 6.07) is 7.64. The molecule has 0 saturated heterocycles. The van der Waals surface area contributed by atoms with Crippen LogP contribution in [0.25, 0.3) is 4.96 Å². The largest absolute Gasteiger partial charge is 0.493 e. The van der Waals surface area contributed by atoms with E-state index in [1.807, 2.05) is 41.9 Å². The molecular formula is C18H24N4O2S. The maximum Gasteiger partial charge on any atom is 0.214 e. The second-order valence-electron chi connectivity index (χ2n) is 6.97. The van der Waals surface area contributed by atoms with Gasteiger partial charge in [-0.25, -0.2) is 9.50 Å². The Morgan fingerprint density at radius 1 is 1.24 bits per heavy atom. The van der Waals surface area contributed by atoms with Gasteiger partial charge in [0.1, 0.15) is 6.10 Å². The van der Waals surface area contributed by atoms with Crippen LogP contribution >= 0.6 is 11.3 Å². The maximum absolute atomic E-state index is 5.94. The Morgan fingerprint density at radius 3 is 2.60 bits per heavy atom. The molecule has 0 amide bonds. The zero-order chi connectivity index (χ0) is 18.0. The molecule has 2 aromatic heterocycles. The minimum atomic E-state index is -0.0299. The number of imidazole rings is 1. The van der Waals surface area contributed by atoms with Crippen LogP contribution in [0.1, 0.15) is 33.4 Å². The van der Waals surface area contributed by atoms with E-state index in [9.17, 15) is 0 Å². The lowest BCUT2D eigenvalue weighted by Crippen LogP contribution is -2.22. The van der Waals surface area contributed by atoms with E-state index in [0.29, 0.717) is 6.54 Å². The van der Waals surface area contributed by atoms with E-state index >= 15 is 0 Å². The number of nitrogens with zero attached hydrogens (tertiary/aromatic N) is 3. The fourth-order valence-electron chi connectivity index (χ4n) is 2.34. The number of anilines is 1. The minimum Gasteiger partial charge on any atom is -0.493 e. The topological polar surface area (TPSA) is 60.7 Å². The van der Waals surface area contributed by atoms with E-state index in [0.717, 1.165) is 27.3 Å². The number of ether oxygens (including phenoxy) is 2. The van der Waals surface area contributed by atoms with Crippen molar-refractivity contribution in [3.63, 3.8) is 0 Å². The van der Waals surface area contributed by atoms with Gasteiger partial charge in [-0.2, -0.15) is 0 Å². The van der Waals surface area contributed by atoms with Crippen LogP contribution in [0.3, 0.4) is 0 Å². The second kappa shape index (κ2) is 6.92. The van der Waals surface area contributed by atoms with Gasteiger partial charge < -0.3 is 14.8 Å². The molecule has 0 aliphatic rings. The number of rotatable bonds is 6. The van der Waals surface area contributed by atoms with Gasteiger partial charge in [0.2, 0.25) is 10.1 Å². The molecular weight excluding hydrogens is 336 g/mol. The summed E-state index contributed by atoms with van der Waals surface area (Å²) in [5.41, 5.74) is 1.07. The molecule has 6 nitrogen and oxygen atoms in total. The standard InChI is InChI=1S/C18H24N4O2S/c1-12(24-14-9-7-6-8-13(14)23-5)10-19-16-21-22-11-15(18(2,3)4)20-17(22)25-16/h6-9,11-12H,10H2,1-5H3,(H,19,21). The molecule has 1 atom stereocenters. The zero-order valence-electron chi connectivity index (χ0n) is 15.2. The summed E-state index contributed by atoms with van der Waals surface area (Å²) in [5, 5.41) is 8.69. The van der Waals surface area contributed by atoms with E-state index in [1.54, 1.807) is 7.11 Å². The number of nitrogens with one attached hydrogen (secondary N) is 1. The molecule has 3 rings (SSSR count). The van der Waals surface area contributed by atoms with Crippen molar-refractivity contribution in [2.45, 2.75) is 39.2 Å². The fourth-order valence-corrected chi connectivity index (χ4v) is 3.13. The van der Waals surface area contributed by atoms with Crippen molar-refractivity contribution in [2.75, 3.05) is 19.0 Å². The van der Waals surface area contributed by atoms with Gasteiger partial charge in [0.15, 0.2) is 11.5 Å². The highest BCUT2D eigenvalue weighted by Crippen LogP contribution is 2.28. The molecule has 0 aliphatic carbocycles. The van der Waals surface area contributed by atoms with Crippen molar-refractivity contribution < 1.29 is 9.47 Å². The minimum absolute atomic E-state index is 0.0259. The molecule has 0 fully saturated rings. The highest BCUT2D eigenvalue weighted by molar-refractivity contribution is 7.20. The highest BCUT2D eigenvalue weighted by atomic mass is 32.1. The first-order chi connectivity index (χ1) is 11.9. The SMILES string of the molecule is COc1ccccc1OC(C)CNc1nn2cc(C(C)(C)C)nc2s1. The normalized spacial score (nSPS) is 13.0. The Bertz CT molecular complexity index is 819. The van der Waals surface area contributed by atoms with Crippen molar-refractivity contribution in [3.05, 3.63) is 36.2 Å². The average Bonchev–Trinajstić information content (AvgIpc) is 3.11. The zero-order valence-corrected chi connectivity index (χ0v) is 16.1. The predicted molar refractivity (Wildman–Crippen MR) is 101 cm³/mol. The van der Waals surface area contributed by atoms with Gasteiger partial charge in [0, 0.05) is 5.41 Å². The Hall–Kier alpha value is -2.28. The number of hydrogen-bond donors (Lipinski definition) is 1. The number of hydrogen-bond acceptors (Lipinski definition) is 6. The quantitative estimate of drug-likeness (QED) is 0.720. The van der Waals surface area contributed by atoms with Crippen LogP contribution in [0.4, 0.5) is 5.13 Å². The molecule has 1 aromatic carbocycles. The second-order valence-corrected chi connectivity index (χ2v) is 7.93. The monoisotopic (exact) mass is 360 g/mol. The third-order valence-electron chi connectivity index (χ3n) is 3.75. The molecule has 3 aromatic rings. The lowest BCUT2D eigenvalue weighted by Gasteiger charge is -2.17. The van der Waals surface area contributed by atoms with Crippen LogP contribution in [-0.4, -0.2) is 34.4 Å². The van der Waals surface area contributed by atoms with Crippen LogP contribution in [0, 0.1) is 0 Å². The van der Waals surface area contributed by atoms with Crippen molar-refractivity contribution in [1.29, 1.82) is 0 Å². The molecule has 134 valence electrons. The Kier molecular flexibility index (Phi) is 4.85. The Balaban J connectivity index is 1.61. The molecule has 1 N–H and O–H groups in total. The van der Waals surface area contributed by atoms with Gasteiger partial charge in [-0.3, -0.25) is 0 Å². The average molecular weight is 360 g/mol. The number of aromatic nitrogens is 3. The van der Waals surface area contributed by atoms with Crippen LogP contribution in [0.5, 0.6) is 11.5 Å². The van der Waals surface area contributed by atoms with E-state index in [2.05, 4.69) is 36.2 Å². The van der Waals surface area contributed by atoms with Gasteiger partial charge >= 0.3 is 0 Å². The smallest absolute Gasteiger partial charge is 0.214 e. The molecule has 2 heterocycles. The van der Waals surface area contributed by atoms with Crippen molar-refractivity contribution in [2.24, 2.45) is 0 Å². The molecule has 0 bridgehead atoms. The maximum atomic E-state index is 5.94. The van der Waals surface area contributed by atoms with Crippen LogP contribution in [0.2, 0.25) is 0 Å². The first-order valence-corrected chi connectivity index (χ1v) is 9.08. The molecule has 0 spiro atoms. The number of methoxy groups -OCH3 is 1. The predicted octanol–water partition coefficient (Wildman–Crippen LogP) is 3.98. The third-order valence-corrected chi connectivity index (χ3v) is 4.63. The van der Waals surface area contributed by atoms with Crippen molar-refractivity contribution in [1.82, 2.24) is 14.6 Å². The molecule has 0 saturated carbocycles. The fraction of sp³-hybridized carbons (Fsp3) is 0.444. The molecule has 1 unspecified atom stereocenters. The van der Waals surface area contributed by atoms with Crippen LogP contribution in [-0.2, 0) is 5.41 Å². The first-order valence-electron chi connectivity index (χ1n) is 8.27. The van der Waals surface area contributed by atoms with Crippen molar-refractivity contribution >= 4 is 21.4 Å². The summed E-state index contributed by atoms with van der Waals surface area (Å²) in [7, 11) is 1.64. The number of benzene rings is 1. The van der Waals surface area contributed by atoms with E-state index in [4.69, 9.17) is 9.47 Å². The summed E-state index contributed by atoms with van der Waals surface area (Å²) < 4.78 is 13.1. The Labute approximate surface area is 151 Å². The van der Waals surface area contributed by atoms with Crippen LogP contribution in [0.15, 0.2) is 30.5 Å². The van der Waals surface area contributed by atoms with Gasteiger partial charge in [-0.1, -0.05) is 44.2 Å². The molecule has 0 aliphatic heterocycles. The summed E-state index contributed by atoms with van der Waals surface area (Å²) in [5.74, 6) is 1.47. The van der Waals surface area contributed by atoms with Gasteiger partial charge in [-0.15, -0.1) is 5.10 Å². The van der Waals surface area contributed by atoms with Crippen LogP contribution < -0.4 is 14.8 Å². The van der Waals surface area contributed by atoms with E-state index in [1.165, 1.54) is 11.3 Å². The molecule has 0 radical (unpaired) electrons. The summed E-state index contributed by atoms with van der Waals surface area (Å²) in [6.45, 7) is 9.09. The highest BCUT2D eigenvalue weighted by Gasteiger charge is 2.19. The third kappa shape index (κ3) is 4.04. The summed E-state index contributed by atoms with van der Waals surface area (Å²) in [4.78, 5) is 5.55. The molecule has 25 heavy (non-hydrogen) atoms. The lowest BCUT2D eigenvalue weighted by molar-refractivity contribution is 0.223. The van der Waals surface area contributed by atoms with E-state index in [-0.39, 0.29) is 11.5 Å². The summed E-state index contributed by atoms with van der Waals surface area (Å²) in [6.07, 6.45) is 1.96. The number of para-hydroxylation sites is 2. The number of fused-ring (bicyclic) bond motifs is 1. The summed E-state index contributed by atoms with van der Waals surface area (Å²) >= 11 is 1.54. The van der Waals surface area contributed by atoms with E-state index < -0.39 is 0 Å². The van der Waals surface area contributed by atoms with Gasteiger partial charge in [0.05, 0.1) is 25.5 Å². The Morgan fingerprint density at radius 2 is 1.96 bits per heavy atom. The first kappa shape index (κ1) is 17.5. The molecule has 7 heteroatoms. The van der Waals surface area contributed by atoms with Gasteiger partial charge in [-0.05, 0) is 19.1 Å². The lowest BCUT2D eigenvalue weighted by atomic mass is 9.93. The van der Waals surface area contributed by atoms with Crippen molar-refractivity contribution in [3.8, 4) is 11.5 Å². The van der Waals surface area contributed by atoms with Gasteiger partial charge in [0.25, 0.3) is 0 Å².